The number of anilines is 1. The van der Waals surface area contributed by atoms with Gasteiger partial charge in [-0.1, -0.05) is 0 Å². The fraction of sp³-hybridized carbons (Fsp3) is 0.389. The molecule has 24 heavy (non-hydrogen) atoms. The smallest absolute Gasteiger partial charge is 0.290 e. The first-order valence-electron chi connectivity index (χ1n) is 8.25. The van der Waals surface area contributed by atoms with Gasteiger partial charge in [0.05, 0.1) is 30.1 Å². The van der Waals surface area contributed by atoms with Crippen molar-refractivity contribution in [2.45, 2.75) is 31.2 Å². The highest BCUT2D eigenvalue weighted by atomic mass is 16.3. The van der Waals surface area contributed by atoms with Crippen molar-refractivity contribution in [3.05, 3.63) is 48.7 Å². The van der Waals surface area contributed by atoms with E-state index in [9.17, 15) is 9.59 Å². The van der Waals surface area contributed by atoms with Gasteiger partial charge in [0.2, 0.25) is 5.91 Å². The van der Waals surface area contributed by atoms with E-state index in [-0.39, 0.29) is 11.8 Å². The number of likely N-dealkylation sites (tertiary alicyclic amines) is 1. The molecule has 2 saturated heterocycles. The maximum absolute atomic E-state index is 12.9. The number of amides is 2. The molecule has 2 aromatic rings. The van der Waals surface area contributed by atoms with Crippen LogP contribution in [0.3, 0.4) is 0 Å². The lowest BCUT2D eigenvalue weighted by molar-refractivity contribution is -0.118. The summed E-state index contributed by atoms with van der Waals surface area (Å²) in [5, 5.41) is 0. The minimum atomic E-state index is -0.449. The monoisotopic (exact) mass is 325 g/mol. The van der Waals surface area contributed by atoms with Crippen molar-refractivity contribution >= 4 is 17.5 Å². The highest BCUT2D eigenvalue weighted by molar-refractivity contribution is 5.99. The molecule has 1 unspecified atom stereocenters. The molecule has 2 amide bonds. The van der Waals surface area contributed by atoms with E-state index >= 15 is 0 Å². The first kappa shape index (κ1) is 14.9. The summed E-state index contributed by atoms with van der Waals surface area (Å²) < 4.78 is 5.29. The van der Waals surface area contributed by atoms with Crippen molar-refractivity contribution in [3.63, 3.8) is 0 Å². The zero-order chi connectivity index (χ0) is 16.6. The fourth-order valence-electron chi connectivity index (χ4n) is 3.86. The number of piperidine rings is 1. The Bertz CT molecular complexity index is 744. The number of hydrogen-bond acceptors (Lipinski definition) is 4. The molecule has 0 aliphatic carbocycles. The number of nitrogens with zero attached hydrogens (tertiary/aromatic N) is 3. The topological polar surface area (TPSA) is 66.7 Å². The van der Waals surface area contributed by atoms with Crippen LogP contribution in [-0.4, -0.2) is 40.3 Å². The highest BCUT2D eigenvalue weighted by Gasteiger charge is 2.50. The molecule has 2 aliphatic heterocycles. The van der Waals surface area contributed by atoms with Gasteiger partial charge < -0.3 is 14.2 Å². The van der Waals surface area contributed by atoms with E-state index in [0.29, 0.717) is 25.3 Å². The van der Waals surface area contributed by atoms with Gasteiger partial charge in [0, 0.05) is 19.3 Å². The Labute approximate surface area is 140 Å². The third-order valence-corrected chi connectivity index (χ3v) is 5.01. The van der Waals surface area contributed by atoms with Crippen LogP contribution in [0.5, 0.6) is 0 Å². The summed E-state index contributed by atoms with van der Waals surface area (Å²) in [4.78, 5) is 33.2. The van der Waals surface area contributed by atoms with Crippen LogP contribution in [0.15, 0.2) is 47.3 Å². The van der Waals surface area contributed by atoms with Crippen LogP contribution in [0.2, 0.25) is 0 Å². The van der Waals surface area contributed by atoms with Gasteiger partial charge >= 0.3 is 0 Å². The van der Waals surface area contributed by atoms with Gasteiger partial charge in [0.15, 0.2) is 5.76 Å². The second-order valence-corrected chi connectivity index (χ2v) is 6.48. The molecule has 2 fully saturated rings. The van der Waals surface area contributed by atoms with Gasteiger partial charge in [-0.05, 0) is 43.5 Å². The van der Waals surface area contributed by atoms with Crippen LogP contribution < -0.4 is 4.90 Å². The van der Waals surface area contributed by atoms with E-state index in [4.69, 9.17) is 4.42 Å². The first-order valence-corrected chi connectivity index (χ1v) is 8.25. The van der Waals surface area contributed by atoms with Crippen molar-refractivity contribution in [1.29, 1.82) is 0 Å². The standard InChI is InChI=1S/C18H19N3O3/c22-16-11-18(13-20(16)14-5-3-8-19-12-14)7-1-2-9-21(18)17(23)15-6-4-10-24-15/h3-6,8,10,12H,1-2,7,9,11,13H2. The van der Waals surface area contributed by atoms with Crippen molar-refractivity contribution in [3.8, 4) is 0 Å². The molecular weight excluding hydrogens is 306 g/mol. The van der Waals surface area contributed by atoms with Crippen LogP contribution in [0.1, 0.15) is 36.2 Å². The Morgan fingerprint density at radius 3 is 2.92 bits per heavy atom. The number of carbonyl (C=O) groups excluding carboxylic acids is 2. The Morgan fingerprint density at radius 1 is 1.25 bits per heavy atom. The quantitative estimate of drug-likeness (QED) is 0.851. The Hall–Kier alpha value is -2.63. The zero-order valence-corrected chi connectivity index (χ0v) is 13.4. The molecule has 4 rings (SSSR count). The van der Waals surface area contributed by atoms with Crippen molar-refractivity contribution in [2.75, 3.05) is 18.0 Å². The second kappa shape index (κ2) is 5.78. The lowest BCUT2D eigenvalue weighted by Crippen LogP contribution is -2.56. The SMILES string of the molecule is O=C1CC2(CCCCN2C(=O)c2ccco2)CN1c1cccnc1. The van der Waals surface area contributed by atoms with Gasteiger partial charge in [-0.15, -0.1) is 0 Å². The number of aromatic nitrogens is 1. The lowest BCUT2D eigenvalue weighted by atomic mass is 9.85. The van der Waals surface area contributed by atoms with Crippen LogP contribution in [-0.2, 0) is 4.79 Å². The third kappa shape index (κ3) is 2.38. The maximum atomic E-state index is 12.9. The molecule has 0 bridgehead atoms. The summed E-state index contributed by atoms with van der Waals surface area (Å²) in [6.07, 6.45) is 8.05. The van der Waals surface area contributed by atoms with E-state index < -0.39 is 5.54 Å². The van der Waals surface area contributed by atoms with Gasteiger partial charge in [-0.3, -0.25) is 14.6 Å². The predicted molar refractivity (Wildman–Crippen MR) is 87.5 cm³/mol. The van der Waals surface area contributed by atoms with Crippen molar-refractivity contribution < 1.29 is 14.0 Å². The number of furan rings is 1. The van der Waals surface area contributed by atoms with Crippen LogP contribution in [0.25, 0.3) is 0 Å². The van der Waals surface area contributed by atoms with Gasteiger partial charge in [0.1, 0.15) is 0 Å². The molecule has 6 heteroatoms. The molecule has 4 heterocycles. The normalized spacial score (nSPS) is 23.9. The van der Waals surface area contributed by atoms with E-state index in [1.54, 1.807) is 29.4 Å². The summed E-state index contributed by atoms with van der Waals surface area (Å²) in [6, 6.07) is 7.09. The van der Waals surface area contributed by atoms with Gasteiger partial charge in [0.25, 0.3) is 5.91 Å². The molecule has 2 aromatic heterocycles. The number of pyridine rings is 1. The van der Waals surface area contributed by atoms with Crippen LogP contribution in [0, 0.1) is 0 Å². The Morgan fingerprint density at radius 2 is 2.17 bits per heavy atom. The molecule has 2 aliphatic rings. The average Bonchev–Trinajstić information content (AvgIpc) is 3.24. The van der Waals surface area contributed by atoms with E-state index in [1.807, 2.05) is 17.0 Å². The molecule has 124 valence electrons. The van der Waals surface area contributed by atoms with E-state index in [2.05, 4.69) is 4.98 Å². The summed E-state index contributed by atoms with van der Waals surface area (Å²) in [6.45, 7) is 1.18. The van der Waals surface area contributed by atoms with Crippen LogP contribution in [0.4, 0.5) is 5.69 Å². The number of hydrogen-bond donors (Lipinski definition) is 0. The minimum Gasteiger partial charge on any atom is -0.459 e. The Kier molecular flexibility index (Phi) is 3.59. The summed E-state index contributed by atoms with van der Waals surface area (Å²) in [5.41, 5.74) is 0.338. The fourth-order valence-corrected chi connectivity index (χ4v) is 3.86. The molecule has 0 radical (unpaired) electrons. The molecule has 0 N–H and O–H groups in total. The molecular formula is C18H19N3O3. The van der Waals surface area contributed by atoms with Gasteiger partial charge in [-0.25, -0.2) is 0 Å². The number of rotatable bonds is 2. The molecule has 0 saturated carbocycles. The molecule has 1 atom stereocenters. The molecule has 0 aromatic carbocycles. The van der Waals surface area contributed by atoms with Crippen LogP contribution >= 0.6 is 0 Å². The van der Waals surface area contributed by atoms with Crippen molar-refractivity contribution in [2.24, 2.45) is 0 Å². The lowest BCUT2D eigenvalue weighted by Gasteiger charge is -2.43. The largest absolute Gasteiger partial charge is 0.459 e. The third-order valence-electron chi connectivity index (χ3n) is 5.01. The highest BCUT2D eigenvalue weighted by Crippen LogP contribution is 2.39. The second-order valence-electron chi connectivity index (χ2n) is 6.48. The predicted octanol–water partition coefficient (Wildman–Crippen LogP) is 2.48. The summed E-state index contributed by atoms with van der Waals surface area (Å²) >= 11 is 0. The minimum absolute atomic E-state index is 0.0437. The average molecular weight is 325 g/mol. The zero-order valence-electron chi connectivity index (χ0n) is 13.4. The van der Waals surface area contributed by atoms with E-state index in [0.717, 1.165) is 24.9 Å². The molecule has 1 spiro atoms. The summed E-state index contributed by atoms with van der Waals surface area (Å²) in [7, 11) is 0. The van der Waals surface area contributed by atoms with Gasteiger partial charge in [-0.2, -0.15) is 0 Å². The van der Waals surface area contributed by atoms with Crippen molar-refractivity contribution in [1.82, 2.24) is 9.88 Å². The summed E-state index contributed by atoms with van der Waals surface area (Å²) in [5.74, 6) is 0.256. The first-order chi connectivity index (χ1) is 11.7. The van der Waals surface area contributed by atoms with E-state index in [1.165, 1.54) is 6.26 Å². The molecule has 6 nitrogen and oxygen atoms in total. The maximum Gasteiger partial charge on any atom is 0.290 e. The number of carbonyl (C=O) groups is 2. The Balaban J connectivity index is 1.65.